The maximum Gasteiger partial charge on any atom is 0.273 e. The van der Waals surface area contributed by atoms with Crippen molar-refractivity contribution in [1.29, 1.82) is 0 Å². The summed E-state index contributed by atoms with van der Waals surface area (Å²) in [7, 11) is -1.91. The smallest absolute Gasteiger partial charge is 0.273 e. The molecule has 0 fully saturated rings. The van der Waals surface area contributed by atoms with Crippen LogP contribution in [0.3, 0.4) is 0 Å². The number of aromatic nitrogens is 1. The van der Waals surface area contributed by atoms with Crippen molar-refractivity contribution in [2.75, 3.05) is 26.0 Å². The average molecular weight is 442 g/mol. The molecule has 1 amide bonds. The predicted molar refractivity (Wildman–Crippen MR) is 115 cm³/mol. The molecule has 8 nitrogen and oxygen atoms in total. The topological polar surface area (TPSA) is 102 Å². The van der Waals surface area contributed by atoms with Crippen molar-refractivity contribution < 1.29 is 22.5 Å². The largest absolute Gasteiger partial charge is 0.497 e. The van der Waals surface area contributed by atoms with Crippen molar-refractivity contribution in [3.05, 3.63) is 71.4 Å². The Morgan fingerprint density at radius 2 is 1.97 bits per heavy atom. The van der Waals surface area contributed by atoms with Gasteiger partial charge in [0.15, 0.2) is 11.5 Å². The lowest BCUT2D eigenvalue weighted by molar-refractivity contribution is 0.0947. The number of sulfonamides is 1. The highest BCUT2D eigenvalue weighted by molar-refractivity contribution is 7.89. The number of nitrogens with zero attached hydrogens (tertiary/aromatic N) is 2. The molecule has 9 heteroatoms. The summed E-state index contributed by atoms with van der Waals surface area (Å²) in [5, 5.41) is 6.39. The van der Waals surface area contributed by atoms with E-state index in [0.717, 1.165) is 22.4 Å². The standard InChI is InChI=1S/C22H23N3O5S/c1-29-19-8-7-18-15-25(11-9-17(18)13-19)31(27,28)12-10-23-22(26)20-14-21(30-24-20)16-5-3-2-4-6-16/h2-8,13-14H,9-12,15H2,1H3,(H,23,26). The van der Waals surface area contributed by atoms with Gasteiger partial charge in [-0.15, -0.1) is 0 Å². The molecule has 3 aromatic rings. The number of amides is 1. The molecule has 1 aliphatic heterocycles. The van der Waals surface area contributed by atoms with Crippen molar-refractivity contribution in [2.24, 2.45) is 0 Å². The van der Waals surface area contributed by atoms with Gasteiger partial charge >= 0.3 is 0 Å². The van der Waals surface area contributed by atoms with Crippen LogP contribution < -0.4 is 10.1 Å². The van der Waals surface area contributed by atoms with Gasteiger partial charge in [0.05, 0.1) is 12.9 Å². The van der Waals surface area contributed by atoms with Crippen LogP contribution in [-0.4, -0.2) is 49.7 Å². The highest BCUT2D eigenvalue weighted by Gasteiger charge is 2.27. The summed E-state index contributed by atoms with van der Waals surface area (Å²) in [6.07, 6.45) is 0.624. The van der Waals surface area contributed by atoms with Gasteiger partial charge in [0.25, 0.3) is 5.91 Å². The zero-order valence-corrected chi connectivity index (χ0v) is 17.9. The van der Waals surface area contributed by atoms with Crippen LogP contribution in [0.1, 0.15) is 21.6 Å². The third-order valence-corrected chi connectivity index (χ3v) is 7.05. The molecule has 4 rings (SSSR count). The molecule has 0 saturated heterocycles. The number of carbonyl (C=O) groups excluding carboxylic acids is 1. The van der Waals surface area contributed by atoms with Crippen molar-refractivity contribution >= 4 is 15.9 Å². The maximum absolute atomic E-state index is 12.7. The minimum atomic E-state index is -3.51. The maximum atomic E-state index is 12.7. The van der Waals surface area contributed by atoms with Gasteiger partial charge in [0, 0.05) is 31.3 Å². The number of ether oxygens (including phenoxy) is 1. The number of hydrogen-bond acceptors (Lipinski definition) is 6. The summed E-state index contributed by atoms with van der Waals surface area (Å²) in [5.74, 6) is 0.577. The van der Waals surface area contributed by atoms with Gasteiger partial charge in [-0.25, -0.2) is 8.42 Å². The van der Waals surface area contributed by atoms with Crippen LogP contribution in [0.25, 0.3) is 11.3 Å². The molecule has 0 atom stereocenters. The Hall–Kier alpha value is -3.17. The predicted octanol–water partition coefficient (Wildman–Crippen LogP) is 2.47. The van der Waals surface area contributed by atoms with Crippen molar-refractivity contribution in [2.45, 2.75) is 13.0 Å². The third-order valence-electron chi connectivity index (χ3n) is 5.23. The highest BCUT2D eigenvalue weighted by atomic mass is 32.2. The van der Waals surface area contributed by atoms with E-state index in [1.54, 1.807) is 7.11 Å². The van der Waals surface area contributed by atoms with E-state index in [-0.39, 0.29) is 18.0 Å². The van der Waals surface area contributed by atoms with E-state index in [4.69, 9.17) is 9.26 Å². The van der Waals surface area contributed by atoms with Gasteiger partial charge in [-0.05, 0) is 29.7 Å². The van der Waals surface area contributed by atoms with Crippen LogP contribution in [0.15, 0.2) is 59.1 Å². The van der Waals surface area contributed by atoms with Crippen molar-refractivity contribution in [1.82, 2.24) is 14.8 Å². The minimum Gasteiger partial charge on any atom is -0.497 e. The Bertz CT molecular complexity index is 1170. The average Bonchev–Trinajstić information content (AvgIpc) is 3.29. The van der Waals surface area contributed by atoms with E-state index in [1.807, 2.05) is 48.5 Å². The molecule has 31 heavy (non-hydrogen) atoms. The summed E-state index contributed by atoms with van der Waals surface area (Å²) in [4.78, 5) is 12.3. The Labute approximate surface area is 180 Å². The molecule has 1 N–H and O–H groups in total. The summed E-state index contributed by atoms with van der Waals surface area (Å²) < 4.78 is 37.4. The van der Waals surface area contributed by atoms with Gasteiger partial charge in [-0.3, -0.25) is 4.79 Å². The Morgan fingerprint density at radius 3 is 2.74 bits per heavy atom. The Morgan fingerprint density at radius 1 is 1.16 bits per heavy atom. The van der Waals surface area contributed by atoms with Crippen LogP contribution in [0, 0.1) is 0 Å². The lowest BCUT2D eigenvalue weighted by Crippen LogP contribution is -2.40. The molecular weight excluding hydrogens is 418 g/mol. The van der Waals surface area contributed by atoms with E-state index in [0.29, 0.717) is 25.3 Å². The number of benzene rings is 2. The van der Waals surface area contributed by atoms with E-state index in [1.165, 1.54) is 10.4 Å². The first kappa shape index (κ1) is 21.1. The van der Waals surface area contributed by atoms with Gasteiger partial charge in [0.1, 0.15) is 5.75 Å². The molecule has 0 unspecified atom stereocenters. The number of fused-ring (bicyclic) bond motifs is 1. The second kappa shape index (κ2) is 8.91. The van der Waals surface area contributed by atoms with E-state index < -0.39 is 15.9 Å². The molecule has 162 valence electrons. The minimum absolute atomic E-state index is 0.0132. The fourth-order valence-electron chi connectivity index (χ4n) is 3.50. The fraction of sp³-hybridized carbons (Fsp3) is 0.273. The van der Waals surface area contributed by atoms with E-state index in [2.05, 4.69) is 10.5 Å². The van der Waals surface area contributed by atoms with E-state index in [9.17, 15) is 13.2 Å². The molecule has 1 aliphatic rings. The second-order valence-corrected chi connectivity index (χ2v) is 9.32. The SMILES string of the molecule is COc1ccc2c(c1)CCN(S(=O)(=O)CCNC(=O)c1cc(-c3ccccc3)on1)C2. The quantitative estimate of drug-likeness (QED) is 0.604. The monoisotopic (exact) mass is 441 g/mol. The number of carbonyl (C=O) groups is 1. The number of methoxy groups -OCH3 is 1. The summed E-state index contributed by atoms with van der Waals surface area (Å²) in [6, 6.07) is 16.5. The lowest BCUT2D eigenvalue weighted by atomic mass is 10.0. The summed E-state index contributed by atoms with van der Waals surface area (Å²) in [5.41, 5.74) is 2.98. The van der Waals surface area contributed by atoms with Crippen LogP contribution in [-0.2, 0) is 23.0 Å². The van der Waals surface area contributed by atoms with Crippen LogP contribution in [0.5, 0.6) is 5.75 Å². The highest BCUT2D eigenvalue weighted by Crippen LogP contribution is 2.25. The zero-order valence-electron chi connectivity index (χ0n) is 17.1. The Balaban J connectivity index is 1.33. The fourth-order valence-corrected chi connectivity index (χ4v) is 4.83. The molecule has 0 radical (unpaired) electrons. The zero-order chi connectivity index (χ0) is 21.8. The van der Waals surface area contributed by atoms with Crippen LogP contribution >= 0.6 is 0 Å². The van der Waals surface area contributed by atoms with Gasteiger partial charge in [-0.2, -0.15) is 4.31 Å². The molecule has 0 saturated carbocycles. The summed E-state index contributed by atoms with van der Waals surface area (Å²) >= 11 is 0. The van der Waals surface area contributed by atoms with Crippen LogP contribution in [0.4, 0.5) is 0 Å². The van der Waals surface area contributed by atoms with Gasteiger partial charge in [0.2, 0.25) is 10.0 Å². The number of nitrogens with one attached hydrogen (secondary N) is 1. The second-order valence-electron chi connectivity index (χ2n) is 7.23. The molecular formula is C22H23N3O5S. The van der Waals surface area contributed by atoms with E-state index >= 15 is 0 Å². The molecule has 0 spiro atoms. The third kappa shape index (κ3) is 4.78. The molecule has 0 aliphatic carbocycles. The number of hydrogen-bond donors (Lipinski definition) is 1. The lowest BCUT2D eigenvalue weighted by Gasteiger charge is -2.28. The number of rotatable bonds is 7. The summed E-state index contributed by atoms with van der Waals surface area (Å²) in [6.45, 7) is 0.708. The van der Waals surface area contributed by atoms with Gasteiger partial charge < -0.3 is 14.6 Å². The first-order valence-corrected chi connectivity index (χ1v) is 11.5. The first-order valence-electron chi connectivity index (χ1n) is 9.90. The molecule has 2 aromatic carbocycles. The van der Waals surface area contributed by atoms with Crippen LogP contribution in [0.2, 0.25) is 0 Å². The normalized spacial score (nSPS) is 14.1. The first-order chi connectivity index (χ1) is 15.0. The van der Waals surface area contributed by atoms with Crippen molar-refractivity contribution in [3.8, 4) is 17.1 Å². The molecule has 2 heterocycles. The molecule has 1 aromatic heterocycles. The van der Waals surface area contributed by atoms with Gasteiger partial charge in [-0.1, -0.05) is 41.6 Å². The molecule has 0 bridgehead atoms. The van der Waals surface area contributed by atoms with Crippen molar-refractivity contribution in [3.63, 3.8) is 0 Å². The Kier molecular flexibility index (Phi) is 6.06.